The Morgan fingerprint density at radius 3 is 1.17 bits per heavy atom. The summed E-state index contributed by atoms with van der Waals surface area (Å²) in [5.74, 6) is 9.70. The van der Waals surface area contributed by atoms with Crippen molar-refractivity contribution in [2.45, 2.75) is 134 Å². The van der Waals surface area contributed by atoms with Crippen molar-refractivity contribution in [3.63, 3.8) is 0 Å². The largest absolute Gasteiger partial charge is 0.147 e. The van der Waals surface area contributed by atoms with Gasteiger partial charge in [0, 0.05) is 0 Å². The zero-order valence-electron chi connectivity index (χ0n) is 39.9. The Labute approximate surface area is 402 Å². The van der Waals surface area contributed by atoms with E-state index in [4.69, 9.17) is 0 Å². The summed E-state index contributed by atoms with van der Waals surface area (Å²) < 4.78 is 5.68. The van der Waals surface area contributed by atoms with Crippen LogP contribution in [-0.4, -0.2) is 6.88 Å². The van der Waals surface area contributed by atoms with Crippen molar-refractivity contribution in [3.05, 3.63) is 128 Å². The third-order valence-electron chi connectivity index (χ3n) is 19.8. The van der Waals surface area contributed by atoms with Crippen molar-refractivity contribution in [3.8, 4) is 22.3 Å². The molecule has 10 aliphatic carbocycles. The summed E-state index contributed by atoms with van der Waals surface area (Å²) in [5, 5.41) is 0. The van der Waals surface area contributed by atoms with Gasteiger partial charge >= 0.3 is 380 Å². The first-order valence-electron chi connectivity index (χ1n) is 25.8. The first-order chi connectivity index (χ1) is 29.9. The second-order valence-electron chi connectivity index (χ2n) is 24.5. The minimum Gasteiger partial charge on any atom is -0.147 e. The van der Waals surface area contributed by atoms with Gasteiger partial charge in [-0.1, -0.05) is 0 Å². The summed E-state index contributed by atoms with van der Waals surface area (Å²) in [5.41, 5.74) is 21.8. The van der Waals surface area contributed by atoms with Crippen molar-refractivity contribution in [2.24, 2.45) is 59.2 Å². The van der Waals surface area contributed by atoms with Crippen LogP contribution in [0.2, 0.25) is 8.76 Å². The maximum Gasteiger partial charge on any atom is -0.147 e. The van der Waals surface area contributed by atoms with E-state index in [-0.39, 0.29) is 24.8 Å². The number of halogens is 2. The number of fused-ring (bicyclic) bond motifs is 2. The van der Waals surface area contributed by atoms with Gasteiger partial charge in [-0.2, -0.15) is 0 Å². The predicted octanol–water partition coefficient (Wildman–Crippen LogP) is 16.7. The van der Waals surface area contributed by atoms with Gasteiger partial charge in [0.2, 0.25) is 0 Å². The Bertz CT molecular complexity index is 2360. The fourth-order valence-corrected chi connectivity index (χ4v) is 44.3. The van der Waals surface area contributed by atoms with Crippen LogP contribution in [0.15, 0.2) is 83.9 Å². The third-order valence-corrected chi connectivity index (χ3v) is 43.4. The average Bonchev–Trinajstić information content (AvgIpc) is 3.79. The normalized spacial score (nSPS) is 32.7. The van der Waals surface area contributed by atoms with Crippen LogP contribution >= 0.6 is 24.8 Å². The van der Waals surface area contributed by atoms with Crippen molar-refractivity contribution < 1.29 is 17.4 Å². The van der Waals surface area contributed by atoms with Gasteiger partial charge in [-0.25, -0.2) is 0 Å². The quantitative estimate of drug-likeness (QED) is 0.139. The molecule has 4 aromatic carbocycles. The fraction of sp³-hybridized carbons (Fsp3) is 0.533. The number of aryl methyl sites for hydroxylation is 4. The van der Waals surface area contributed by atoms with Crippen molar-refractivity contribution >= 4 is 43.8 Å². The average molecular weight is 987 g/mol. The minimum atomic E-state index is -4.06. The van der Waals surface area contributed by atoms with Crippen LogP contribution in [-0.2, 0) is 17.4 Å². The van der Waals surface area contributed by atoms with Crippen LogP contribution in [0.1, 0.15) is 142 Å². The molecule has 2 atom stereocenters. The maximum absolute atomic E-state index is 4.06. The van der Waals surface area contributed by atoms with Gasteiger partial charge in [-0.3, -0.25) is 0 Å². The number of rotatable bonds is 10. The smallest absolute Gasteiger partial charge is 0.147 e. The molecule has 0 aromatic heterocycles. The molecule has 0 spiro atoms. The predicted molar refractivity (Wildman–Crippen MR) is 278 cm³/mol. The molecule has 0 heterocycles. The van der Waals surface area contributed by atoms with Crippen LogP contribution in [0, 0.1) is 86.9 Å². The van der Waals surface area contributed by atoms with E-state index < -0.39 is 17.4 Å². The molecule has 0 aliphatic heterocycles. The molecule has 0 saturated heterocycles. The molecule has 64 heavy (non-hydrogen) atoms. The van der Waals surface area contributed by atoms with E-state index in [2.05, 4.69) is 131 Å². The Balaban J connectivity index is 0.00000242. The zero-order valence-corrected chi connectivity index (χ0v) is 45.4. The van der Waals surface area contributed by atoms with E-state index in [0.29, 0.717) is 7.25 Å². The first-order valence-corrected chi connectivity index (χ1v) is 38.7. The van der Waals surface area contributed by atoms with E-state index in [1.54, 1.807) is 35.1 Å². The van der Waals surface area contributed by atoms with E-state index >= 15 is 0 Å². The zero-order chi connectivity index (χ0) is 42.3. The van der Waals surface area contributed by atoms with Gasteiger partial charge in [0.1, 0.15) is 0 Å². The Hall–Kier alpha value is -1.96. The van der Waals surface area contributed by atoms with E-state index in [1.807, 2.05) is 11.1 Å². The van der Waals surface area contributed by atoms with Crippen LogP contribution in [0.3, 0.4) is 0 Å². The molecule has 0 N–H and O–H groups in total. The van der Waals surface area contributed by atoms with Crippen LogP contribution < -0.4 is 0 Å². The standard InChI is InChI=1S/2C28H31.C3H7.CH3.2ClH.H2Si.Zr/c2*1-17-6-18(2)8-23(7-17)26-5-3-4-22-10-21(16-28(22)26)15-27-24-11-19-9-20(13-24)14-25(27)12-19;1-3-2;;;;;/h2*3-8,10,16,19-20,24-25,27H,9,11-15H2,1-2H3;1,3H2,2H3;1H3;2*1H;1H2;. The summed E-state index contributed by atoms with van der Waals surface area (Å²) in [6, 6.07) is 29.9. The molecular weight excluding hydrogens is 911 g/mol. The molecule has 8 bridgehead atoms. The first kappa shape index (κ1) is 45.8. The van der Waals surface area contributed by atoms with Gasteiger partial charge in [0.25, 0.3) is 0 Å². The summed E-state index contributed by atoms with van der Waals surface area (Å²) in [6.45, 7) is 14.5. The summed E-state index contributed by atoms with van der Waals surface area (Å²) in [6.07, 6.45) is 25.1. The van der Waals surface area contributed by atoms with Crippen molar-refractivity contribution in [1.29, 1.82) is 0 Å². The molecule has 4 aromatic rings. The summed E-state index contributed by atoms with van der Waals surface area (Å²) >= 11 is -4.06. The molecule has 14 rings (SSSR count). The molecule has 4 heteroatoms. The number of hydrogen-bond donors (Lipinski definition) is 0. The molecule has 8 fully saturated rings. The SMILES string of the molecule is CC[CH2][Zr]([CH3])(=[SiH2])([CH]1C(CC2C3CC4CC(C3)CC2C4)=Cc2c(-c3cc(C)cc(C)c3)cccc21)[CH]1C(CC2C3CC4CC(C3)CC2C4)=Cc2c(-c3cc(C)cc(C)c3)cccc21.Cl.Cl. The van der Waals surface area contributed by atoms with Gasteiger partial charge in [-0.05, 0) is 0 Å². The monoisotopic (exact) mass is 984 g/mol. The molecule has 10 aliphatic rings. The van der Waals surface area contributed by atoms with Crippen molar-refractivity contribution in [1.82, 2.24) is 0 Å². The van der Waals surface area contributed by atoms with Gasteiger partial charge in [-0.15, -0.1) is 24.8 Å². The van der Waals surface area contributed by atoms with Gasteiger partial charge < -0.3 is 0 Å². The fourth-order valence-electron chi connectivity index (χ4n) is 18.5. The third kappa shape index (κ3) is 7.50. The molecule has 0 amide bonds. The number of allylic oxidation sites excluding steroid dienone is 2. The van der Waals surface area contributed by atoms with E-state index in [1.165, 1.54) is 119 Å². The topological polar surface area (TPSA) is 0 Å². The summed E-state index contributed by atoms with van der Waals surface area (Å²) in [4.78, 5) is 0. The summed E-state index contributed by atoms with van der Waals surface area (Å²) in [7, 11) is 0. The molecule has 0 nitrogen and oxygen atoms in total. The second-order valence-corrected chi connectivity index (χ2v) is 53.0. The Morgan fingerprint density at radius 1 is 0.500 bits per heavy atom. The second kappa shape index (κ2) is 16.9. The van der Waals surface area contributed by atoms with Crippen molar-refractivity contribution in [2.75, 3.05) is 0 Å². The van der Waals surface area contributed by atoms with E-state index in [9.17, 15) is 0 Å². The number of benzene rings is 4. The molecule has 0 radical (unpaired) electrons. The molecular formula is C60H76Cl2SiZr. The molecule has 8 saturated carbocycles. The molecule has 338 valence electrons. The molecule has 2 unspecified atom stereocenters. The van der Waals surface area contributed by atoms with Gasteiger partial charge in [0.15, 0.2) is 0 Å². The number of hydrogen-bond acceptors (Lipinski definition) is 0. The minimum absolute atomic E-state index is 0. The Kier molecular flexibility index (Phi) is 12.1. The Morgan fingerprint density at radius 2 is 0.844 bits per heavy atom. The van der Waals surface area contributed by atoms with Gasteiger partial charge in [0.05, 0.1) is 0 Å². The van der Waals surface area contributed by atoms with Crippen LogP contribution in [0.4, 0.5) is 0 Å². The van der Waals surface area contributed by atoms with Crippen LogP contribution in [0.25, 0.3) is 34.4 Å². The van der Waals surface area contributed by atoms with E-state index in [0.717, 1.165) is 59.2 Å². The van der Waals surface area contributed by atoms with Crippen LogP contribution in [0.5, 0.6) is 0 Å². The maximum atomic E-state index is 3.06.